The molecular formula is C12H9BrClF2NS. The van der Waals surface area contributed by atoms with Gasteiger partial charge < -0.3 is 5.32 Å². The van der Waals surface area contributed by atoms with E-state index in [4.69, 9.17) is 11.6 Å². The van der Waals surface area contributed by atoms with Gasteiger partial charge in [0.25, 0.3) is 0 Å². The van der Waals surface area contributed by atoms with Gasteiger partial charge in [0.1, 0.15) is 16.0 Å². The summed E-state index contributed by atoms with van der Waals surface area (Å²) in [5.41, 5.74) is 0.443. The molecule has 0 radical (unpaired) electrons. The van der Waals surface area contributed by atoms with Crippen LogP contribution in [0.25, 0.3) is 0 Å². The molecule has 2 aromatic rings. The fourth-order valence-corrected chi connectivity index (χ4v) is 3.17. The molecule has 0 aliphatic carbocycles. The van der Waals surface area contributed by atoms with E-state index >= 15 is 0 Å². The number of anilines is 1. The normalized spacial score (nSPS) is 10.7. The first-order chi connectivity index (χ1) is 8.47. The summed E-state index contributed by atoms with van der Waals surface area (Å²) in [6.45, 7) is 1.92. The van der Waals surface area contributed by atoms with Crippen molar-refractivity contribution in [1.29, 1.82) is 0 Å². The minimum absolute atomic E-state index is 0.152. The molecule has 1 N–H and O–H groups in total. The van der Waals surface area contributed by atoms with Crippen LogP contribution in [0, 0.1) is 18.6 Å². The number of aryl methyl sites for hydroxylation is 1. The Labute approximate surface area is 121 Å². The second kappa shape index (κ2) is 5.55. The number of nitrogens with one attached hydrogen (secondary N) is 1. The molecule has 0 aliphatic rings. The predicted octanol–water partition coefficient (Wildman–Crippen LogP) is 5.36. The lowest BCUT2D eigenvalue weighted by Gasteiger charge is -2.07. The summed E-state index contributed by atoms with van der Waals surface area (Å²) in [4.78, 5) is 0.937. The van der Waals surface area contributed by atoms with Crippen LogP contribution in [0.15, 0.2) is 22.7 Å². The van der Waals surface area contributed by atoms with Crippen LogP contribution in [0.2, 0.25) is 4.34 Å². The fraction of sp³-hybridized carbons (Fsp3) is 0.167. The molecule has 0 fully saturated rings. The van der Waals surface area contributed by atoms with Gasteiger partial charge in [0, 0.05) is 22.0 Å². The van der Waals surface area contributed by atoms with E-state index in [9.17, 15) is 8.78 Å². The zero-order chi connectivity index (χ0) is 13.3. The Bertz CT molecular complexity index is 566. The van der Waals surface area contributed by atoms with Crippen molar-refractivity contribution in [3.05, 3.63) is 49.1 Å². The van der Waals surface area contributed by atoms with Crippen LogP contribution in [0.4, 0.5) is 14.5 Å². The SMILES string of the molecule is Cc1cc(F)c(NCc2cc(Br)c(Cl)s2)cc1F. The second-order valence-corrected chi connectivity index (χ2v) is 6.36. The third kappa shape index (κ3) is 3.02. The van der Waals surface area contributed by atoms with Crippen molar-refractivity contribution in [2.24, 2.45) is 0 Å². The van der Waals surface area contributed by atoms with Crippen LogP contribution in [-0.4, -0.2) is 0 Å². The molecule has 96 valence electrons. The molecule has 0 saturated heterocycles. The third-order valence-corrected chi connectivity index (χ3v) is 4.87. The average Bonchev–Trinajstić information content (AvgIpc) is 2.62. The van der Waals surface area contributed by atoms with Gasteiger partial charge in [-0.2, -0.15) is 0 Å². The topological polar surface area (TPSA) is 12.0 Å². The van der Waals surface area contributed by atoms with Gasteiger partial charge in [-0.15, -0.1) is 11.3 Å². The summed E-state index contributed by atoms with van der Waals surface area (Å²) in [6, 6.07) is 4.19. The third-order valence-electron chi connectivity index (χ3n) is 2.40. The van der Waals surface area contributed by atoms with Gasteiger partial charge in [-0.05, 0) is 40.5 Å². The summed E-state index contributed by atoms with van der Waals surface area (Å²) in [6.07, 6.45) is 0. The number of hydrogen-bond acceptors (Lipinski definition) is 2. The highest BCUT2D eigenvalue weighted by Gasteiger charge is 2.08. The van der Waals surface area contributed by atoms with Crippen molar-refractivity contribution in [2.75, 3.05) is 5.32 Å². The average molecular weight is 353 g/mol. The fourth-order valence-electron chi connectivity index (χ4n) is 1.44. The molecule has 6 heteroatoms. The Morgan fingerprint density at radius 2 is 2.00 bits per heavy atom. The Kier molecular flexibility index (Phi) is 4.25. The largest absolute Gasteiger partial charge is 0.378 e. The van der Waals surface area contributed by atoms with Crippen LogP contribution < -0.4 is 5.32 Å². The van der Waals surface area contributed by atoms with Crippen molar-refractivity contribution in [1.82, 2.24) is 0 Å². The van der Waals surface area contributed by atoms with Crippen molar-refractivity contribution in [3.63, 3.8) is 0 Å². The number of rotatable bonds is 3. The first-order valence-corrected chi connectivity index (χ1v) is 7.09. The maximum atomic E-state index is 13.6. The molecular weight excluding hydrogens is 344 g/mol. The van der Waals surface area contributed by atoms with Crippen LogP contribution in [0.3, 0.4) is 0 Å². The summed E-state index contributed by atoms with van der Waals surface area (Å²) in [5.74, 6) is -0.889. The molecule has 0 amide bonds. The van der Waals surface area contributed by atoms with E-state index in [1.54, 1.807) is 0 Å². The molecule has 1 nitrogen and oxygen atoms in total. The maximum absolute atomic E-state index is 13.6. The molecule has 0 unspecified atom stereocenters. The molecule has 18 heavy (non-hydrogen) atoms. The van der Waals surface area contributed by atoms with Crippen LogP contribution >= 0.6 is 38.9 Å². The lowest BCUT2D eigenvalue weighted by molar-refractivity contribution is 0.594. The number of hydrogen-bond donors (Lipinski definition) is 1. The maximum Gasteiger partial charge on any atom is 0.146 e. The summed E-state index contributed by atoms with van der Waals surface area (Å²) < 4.78 is 28.3. The minimum Gasteiger partial charge on any atom is -0.378 e. The standard InChI is InChI=1S/C12H9BrClF2NS/c1-6-2-10(16)11(4-9(6)15)17-5-7-3-8(13)12(14)18-7/h2-4,17H,5H2,1H3. The lowest BCUT2D eigenvalue weighted by Crippen LogP contribution is -2.01. The van der Waals surface area contributed by atoms with E-state index in [-0.39, 0.29) is 5.69 Å². The van der Waals surface area contributed by atoms with E-state index in [0.29, 0.717) is 16.4 Å². The molecule has 0 saturated carbocycles. The van der Waals surface area contributed by atoms with Crippen LogP contribution in [-0.2, 0) is 6.54 Å². The van der Waals surface area contributed by atoms with Crippen LogP contribution in [0.5, 0.6) is 0 Å². The highest BCUT2D eigenvalue weighted by Crippen LogP contribution is 2.32. The van der Waals surface area contributed by atoms with Crippen molar-refractivity contribution in [2.45, 2.75) is 13.5 Å². The van der Waals surface area contributed by atoms with Gasteiger partial charge in [-0.1, -0.05) is 11.6 Å². The van der Waals surface area contributed by atoms with E-state index < -0.39 is 11.6 Å². The molecule has 2 rings (SSSR count). The highest BCUT2D eigenvalue weighted by molar-refractivity contribution is 9.10. The van der Waals surface area contributed by atoms with Crippen molar-refractivity contribution >= 4 is 44.6 Å². The Hall–Kier alpha value is -0.650. The van der Waals surface area contributed by atoms with E-state index in [1.807, 2.05) is 6.07 Å². The van der Waals surface area contributed by atoms with E-state index in [1.165, 1.54) is 24.3 Å². The molecule has 0 atom stereocenters. The molecule has 0 bridgehead atoms. The lowest BCUT2D eigenvalue weighted by atomic mass is 10.2. The highest BCUT2D eigenvalue weighted by atomic mass is 79.9. The zero-order valence-corrected chi connectivity index (χ0v) is 12.5. The van der Waals surface area contributed by atoms with E-state index in [0.717, 1.165) is 15.4 Å². The summed E-state index contributed by atoms with van der Waals surface area (Å²) >= 11 is 10.6. The molecule has 0 aliphatic heterocycles. The van der Waals surface area contributed by atoms with Gasteiger partial charge in [-0.3, -0.25) is 0 Å². The van der Waals surface area contributed by atoms with Gasteiger partial charge in [0.15, 0.2) is 0 Å². The molecule has 1 aromatic heterocycles. The molecule has 1 aromatic carbocycles. The predicted molar refractivity (Wildman–Crippen MR) is 75.5 cm³/mol. The Balaban J connectivity index is 2.13. The quantitative estimate of drug-likeness (QED) is 0.784. The van der Waals surface area contributed by atoms with Crippen LogP contribution in [0.1, 0.15) is 10.4 Å². The minimum atomic E-state index is -0.462. The first-order valence-electron chi connectivity index (χ1n) is 5.10. The Morgan fingerprint density at radius 3 is 2.61 bits per heavy atom. The first kappa shape index (κ1) is 13.8. The number of benzene rings is 1. The molecule has 0 spiro atoms. The summed E-state index contributed by atoms with van der Waals surface area (Å²) in [5, 5.41) is 2.85. The van der Waals surface area contributed by atoms with Gasteiger partial charge >= 0.3 is 0 Å². The van der Waals surface area contributed by atoms with Gasteiger partial charge in [-0.25, -0.2) is 8.78 Å². The monoisotopic (exact) mass is 351 g/mol. The number of thiophene rings is 1. The van der Waals surface area contributed by atoms with Gasteiger partial charge in [0.05, 0.1) is 5.69 Å². The number of halogens is 4. The van der Waals surface area contributed by atoms with Gasteiger partial charge in [0.2, 0.25) is 0 Å². The second-order valence-electron chi connectivity index (χ2n) is 3.77. The summed E-state index contributed by atoms with van der Waals surface area (Å²) in [7, 11) is 0. The van der Waals surface area contributed by atoms with Crippen molar-refractivity contribution < 1.29 is 8.78 Å². The zero-order valence-electron chi connectivity index (χ0n) is 9.36. The molecule has 1 heterocycles. The smallest absolute Gasteiger partial charge is 0.146 e. The van der Waals surface area contributed by atoms with Crippen molar-refractivity contribution in [3.8, 4) is 0 Å². The Morgan fingerprint density at radius 1 is 1.28 bits per heavy atom. The van der Waals surface area contributed by atoms with E-state index in [2.05, 4.69) is 21.2 Å².